The maximum absolute atomic E-state index is 12.7. The molecule has 0 aliphatic heterocycles. The van der Waals surface area contributed by atoms with Gasteiger partial charge in [-0.2, -0.15) is 0 Å². The molecule has 0 saturated carbocycles. The van der Waals surface area contributed by atoms with E-state index >= 15 is 0 Å². The van der Waals surface area contributed by atoms with E-state index in [-0.39, 0.29) is 24.0 Å². The molecule has 0 atom stereocenters. The van der Waals surface area contributed by atoms with E-state index in [2.05, 4.69) is 10.6 Å². The molecule has 1 aromatic heterocycles. The number of hydrogen-bond acceptors (Lipinski definition) is 5. The van der Waals surface area contributed by atoms with Crippen LogP contribution in [0.5, 0.6) is 0 Å². The molecule has 0 radical (unpaired) electrons. The van der Waals surface area contributed by atoms with E-state index in [0.717, 1.165) is 11.3 Å². The molecule has 2 N–H and O–H groups in total. The largest absolute Gasteiger partial charge is 0.462 e. The lowest BCUT2D eigenvalue weighted by atomic mass is 10.1. The maximum atomic E-state index is 12.7. The molecule has 1 aromatic carbocycles. The summed E-state index contributed by atoms with van der Waals surface area (Å²) in [6, 6.07) is 6.69. The SMILES string of the molecule is CCCC(=O)Nc1sc(C(=O)Nc2ccc(Cl)cc2)c(C)c1C(=O)OCC. The van der Waals surface area contributed by atoms with Crippen LogP contribution in [0.25, 0.3) is 0 Å². The standard InChI is InChI=1S/C19H21ClN2O4S/c1-4-6-14(23)22-18-15(19(25)26-5-2)11(3)16(27-18)17(24)21-13-9-7-12(20)8-10-13/h7-10H,4-6H2,1-3H3,(H,21,24)(H,22,23). The van der Waals surface area contributed by atoms with Crippen LogP contribution >= 0.6 is 22.9 Å². The van der Waals surface area contributed by atoms with Crippen LogP contribution in [0.3, 0.4) is 0 Å². The Kier molecular flexibility index (Phi) is 7.38. The summed E-state index contributed by atoms with van der Waals surface area (Å²) in [5, 5.41) is 6.37. The van der Waals surface area contributed by atoms with Crippen molar-refractivity contribution in [2.24, 2.45) is 0 Å². The van der Waals surface area contributed by atoms with Gasteiger partial charge in [-0.25, -0.2) is 4.79 Å². The van der Waals surface area contributed by atoms with Gasteiger partial charge in [0.15, 0.2) is 0 Å². The highest BCUT2D eigenvalue weighted by molar-refractivity contribution is 7.18. The summed E-state index contributed by atoms with van der Waals surface area (Å²) < 4.78 is 5.09. The Morgan fingerprint density at radius 2 is 1.78 bits per heavy atom. The fraction of sp³-hybridized carbons (Fsp3) is 0.316. The fourth-order valence-corrected chi connectivity index (χ4v) is 3.64. The van der Waals surface area contributed by atoms with Crippen LogP contribution in [0.15, 0.2) is 24.3 Å². The number of nitrogens with one attached hydrogen (secondary N) is 2. The lowest BCUT2D eigenvalue weighted by molar-refractivity contribution is -0.116. The molecule has 0 saturated heterocycles. The molecule has 0 bridgehead atoms. The average Bonchev–Trinajstić information content (AvgIpc) is 2.93. The van der Waals surface area contributed by atoms with Crippen molar-refractivity contribution in [3.8, 4) is 0 Å². The number of benzene rings is 1. The first kappa shape index (κ1) is 20.9. The molecule has 144 valence electrons. The second kappa shape index (κ2) is 9.53. The van der Waals surface area contributed by atoms with Crippen molar-refractivity contribution in [3.63, 3.8) is 0 Å². The van der Waals surface area contributed by atoms with Crippen molar-refractivity contribution in [3.05, 3.63) is 45.3 Å². The Labute approximate surface area is 166 Å². The Bertz CT molecular complexity index is 846. The number of carbonyl (C=O) groups is 3. The smallest absolute Gasteiger partial charge is 0.341 e. The molecule has 0 fully saturated rings. The van der Waals surface area contributed by atoms with E-state index in [1.165, 1.54) is 0 Å². The van der Waals surface area contributed by atoms with Crippen molar-refractivity contribution in [1.82, 2.24) is 0 Å². The first-order valence-electron chi connectivity index (χ1n) is 8.54. The van der Waals surface area contributed by atoms with Gasteiger partial charge < -0.3 is 15.4 Å². The van der Waals surface area contributed by atoms with E-state index < -0.39 is 5.97 Å². The zero-order valence-corrected chi connectivity index (χ0v) is 16.9. The van der Waals surface area contributed by atoms with Gasteiger partial charge in [0.25, 0.3) is 5.91 Å². The Morgan fingerprint density at radius 1 is 1.11 bits per heavy atom. The van der Waals surface area contributed by atoms with Gasteiger partial charge in [-0.05, 0) is 50.1 Å². The molecule has 0 spiro atoms. The van der Waals surface area contributed by atoms with Crippen molar-refractivity contribution in [2.45, 2.75) is 33.6 Å². The van der Waals surface area contributed by atoms with Crippen molar-refractivity contribution >= 4 is 51.4 Å². The molecular formula is C19H21ClN2O4S. The van der Waals surface area contributed by atoms with Gasteiger partial charge in [0.1, 0.15) is 5.00 Å². The molecule has 2 rings (SSSR count). The van der Waals surface area contributed by atoms with E-state index in [4.69, 9.17) is 16.3 Å². The summed E-state index contributed by atoms with van der Waals surface area (Å²) in [7, 11) is 0. The highest BCUT2D eigenvalue weighted by Crippen LogP contribution is 2.34. The second-order valence-corrected chi connectivity index (χ2v) is 7.20. The van der Waals surface area contributed by atoms with Gasteiger partial charge in [-0.1, -0.05) is 18.5 Å². The van der Waals surface area contributed by atoms with Crippen LogP contribution in [-0.2, 0) is 9.53 Å². The van der Waals surface area contributed by atoms with Gasteiger partial charge in [-0.3, -0.25) is 9.59 Å². The van der Waals surface area contributed by atoms with Crippen LogP contribution in [0.1, 0.15) is 52.3 Å². The van der Waals surface area contributed by atoms with Gasteiger partial charge in [0.05, 0.1) is 17.0 Å². The predicted molar refractivity (Wildman–Crippen MR) is 108 cm³/mol. The first-order valence-corrected chi connectivity index (χ1v) is 9.74. The topological polar surface area (TPSA) is 84.5 Å². The summed E-state index contributed by atoms with van der Waals surface area (Å²) in [6.45, 7) is 5.44. The molecule has 27 heavy (non-hydrogen) atoms. The van der Waals surface area contributed by atoms with Gasteiger partial charge in [0.2, 0.25) is 5.91 Å². The van der Waals surface area contributed by atoms with Crippen LogP contribution in [0, 0.1) is 6.92 Å². The molecule has 0 aliphatic rings. The minimum Gasteiger partial charge on any atom is -0.462 e. The maximum Gasteiger partial charge on any atom is 0.341 e. The third kappa shape index (κ3) is 5.30. The highest BCUT2D eigenvalue weighted by Gasteiger charge is 2.26. The van der Waals surface area contributed by atoms with Crippen LogP contribution in [0.2, 0.25) is 5.02 Å². The quantitative estimate of drug-likeness (QED) is 0.639. The van der Waals surface area contributed by atoms with Gasteiger partial charge in [0, 0.05) is 17.1 Å². The van der Waals surface area contributed by atoms with E-state index in [1.807, 2.05) is 6.92 Å². The molecule has 1 heterocycles. The summed E-state index contributed by atoms with van der Waals surface area (Å²) in [5.41, 5.74) is 1.26. The van der Waals surface area contributed by atoms with Crippen LogP contribution < -0.4 is 10.6 Å². The number of carbonyl (C=O) groups excluding carboxylic acids is 3. The molecule has 8 heteroatoms. The zero-order chi connectivity index (χ0) is 20.0. The van der Waals surface area contributed by atoms with E-state index in [1.54, 1.807) is 38.1 Å². The van der Waals surface area contributed by atoms with Crippen molar-refractivity contribution < 1.29 is 19.1 Å². The van der Waals surface area contributed by atoms with E-state index in [9.17, 15) is 14.4 Å². The number of ether oxygens (including phenoxy) is 1. The van der Waals surface area contributed by atoms with Crippen LogP contribution in [-0.4, -0.2) is 24.4 Å². The van der Waals surface area contributed by atoms with E-state index in [0.29, 0.717) is 39.0 Å². The first-order chi connectivity index (χ1) is 12.9. The molecule has 0 unspecified atom stereocenters. The second-order valence-electron chi connectivity index (χ2n) is 5.74. The number of amides is 2. The van der Waals surface area contributed by atoms with Gasteiger partial charge in [-0.15, -0.1) is 11.3 Å². The third-order valence-electron chi connectivity index (χ3n) is 3.66. The summed E-state index contributed by atoms with van der Waals surface area (Å²) in [5.74, 6) is -1.15. The molecule has 2 aromatic rings. The zero-order valence-electron chi connectivity index (χ0n) is 15.3. The van der Waals surface area contributed by atoms with Crippen molar-refractivity contribution in [2.75, 3.05) is 17.2 Å². The Morgan fingerprint density at radius 3 is 2.37 bits per heavy atom. The number of hydrogen-bond donors (Lipinski definition) is 2. The number of esters is 1. The normalized spacial score (nSPS) is 10.4. The number of halogens is 1. The summed E-state index contributed by atoms with van der Waals surface area (Å²) in [6.07, 6.45) is 1.00. The fourth-order valence-electron chi connectivity index (χ4n) is 2.40. The van der Waals surface area contributed by atoms with Crippen molar-refractivity contribution in [1.29, 1.82) is 0 Å². The molecule has 0 aliphatic carbocycles. The minimum absolute atomic E-state index is 0.197. The molecule has 6 nitrogen and oxygen atoms in total. The number of rotatable bonds is 7. The van der Waals surface area contributed by atoms with Crippen LogP contribution in [0.4, 0.5) is 10.7 Å². The summed E-state index contributed by atoms with van der Waals surface area (Å²) in [4.78, 5) is 37.3. The number of anilines is 2. The minimum atomic E-state index is -0.566. The lowest BCUT2D eigenvalue weighted by Crippen LogP contribution is -2.14. The Hall–Kier alpha value is -2.38. The monoisotopic (exact) mass is 408 g/mol. The molecule has 2 amide bonds. The highest BCUT2D eigenvalue weighted by atomic mass is 35.5. The number of thiophene rings is 1. The summed E-state index contributed by atoms with van der Waals surface area (Å²) >= 11 is 6.91. The predicted octanol–water partition coefficient (Wildman–Crippen LogP) is 4.88. The molecular weight excluding hydrogens is 388 g/mol. The Balaban J connectivity index is 2.34. The third-order valence-corrected chi connectivity index (χ3v) is 5.12. The lowest BCUT2D eigenvalue weighted by Gasteiger charge is -2.06. The average molecular weight is 409 g/mol. The van der Waals surface area contributed by atoms with Gasteiger partial charge >= 0.3 is 5.97 Å².